The number of aromatic amines is 1. The molecule has 0 aromatic carbocycles. The molecule has 0 aliphatic heterocycles. The molecule has 0 bridgehead atoms. The van der Waals surface area contributed by atoms with Crippen molar-refractivity contribution < 1.29 is 0 Å². The van der Waals surface area contributed by atoms with Crippen LogP contribution < -0.4 is 0 Å². The van der Waals surface area contributed by atoms with Gasteiger partial charge in [0.2, 0.25) is 0 Å². The number of H-pyrrole nitrogens is 1. The first-order valence-corrected chi connectivity index (χ1v) is 5.28. The molecule has 0 spiro atoms. The predicted octanol–water partition coefficient (Wildman–Crippen LogP) is 3.61. The van der Waals surface area contributed by atoms with Crippen LogP contribution in [0.2, 0.25) is 0 Å². The molecule has 13 heavy (non-hydrogen) atoms. The summed E-state index contributed by atoms with van der Waals surface area (Å²) in [5, 5.41) is 0. The van der Waals surface area contributed by atoms with Gasteiger partial charge in [-0.05, 0) is 37.3 Å². The van der Waals surface area contributed by atoms with Gasteiger partial charge in [-0.2, -0.15) is 0 Å². The van der Waals surface area contributed by atoms with E-state index >= 15 is 0 Å². The number of aromatic nitrogens is 1. The van der Waals surface area contributed by atoms with Gasteiger partial charge >= 0.3 is 0 Å². The lowest BCUT2D eigenvalue weighted by Crippen LogP contribution is -2.00. The molecule has 74 valence electrons. The molecule has 0 aliphatic carbocycles. The maximum atomic E-state index is 3.28. The minimum absolute atomic E-state index is 0.818. The van der Waals surface area contributed by atoms with Crippen LogP contribution in [0.15, 0.2) is 6.20 Å². The number of hydrogen-bond donors (Lipinski definition) is 1. The smallest absolute Gasteiger partial charge is 0.0150 e. The van der Waals surface area contributed by atoms with Crippen molar-refractivity contribution in [2.75, 3.05) is 0 Å². The van der Waals surface area contributed by atoms with E-state index < -0.39 is 0 Å². The summed E-state index contributed by atoms with van der Waals surface area (Å²) in [6.07, 6.45) is 5.98. The highest BCUT2D eigenvalue weighted by Gasteiger charge is 2.08. The molecule has 1 aromatic rings. The summed E-state index contributed by atoms with van der Waals surface area (Å²) in [4.78, 5) is 3.28. The molecule has 1 N–H and O–H groups in total. The van der Waals surface area contributed by atoms with Crippen LogP contribution in [0.25, 0.3) is 0 Å². The summed E-state index contributed by atoms with van der Waals surface area (Å²) in [6.45, 7) is 8.96. The van der Waals surface area contributed by atoms with Gasteiger partial charge in [-0.25, -0.2) is 0 Å². The Balaban J connectivity index is 2.62. The minimum Gasteiger partial charge on any atom is -0.365 e. The highest BCUT2D eigenvalue weighted by atomic mass is 14.7. The highest BCUT2D eigenvalue weighted by molar-refractivity contribution is 5.29. The van der Waals surface area contributed by atoms with Crippen molar-refractivity contribution in [1.29, 1.82) is 0 Å². The molecule has 1 heteroatoms. The zero-order valence-corrected chi connectivity index (χ0v) is 9.28. The van der Waals surface area contributed by atoms with Gasteiger partial charge in [0.05, 0.1) is 0 Å². The van der Waals surface area contributed by atoms with Crippen molar-refractivity contribution >= 4 is 0 Å². The maximum Gasteiger partial charge on any atom is 0.0150 e. The van der Waals surface area contributed by atoms with Gasteiger partial charge in [-0.15, -0.1) is 0 Å². The number of aryl methyl sites for hydroxylation is 2. The van der Waals surface area contributed by atoms with E-state index in [0.29, 0.717) is 0 Å². The Bertz CT molecular complexity index is 241. The van der Waals surface area contributed by atoms with E-state index in [1.165, 1.54) is 36.1 Å². The molecular formula is C12H21N. The number of hydrogen-bond acceptors (Lipinski definition) is 0. The Morgan fingerprint density at radius 1 is 1.38 bits per heavy atom. The van der Waals surface area contributed by atoms with E-state index in [9.17, 15) is 0 Å². The van der Waals surface area contributed by atoms with E-state index in [-0.39, 0.29) is 0 Å². The lowest BCUT2D eigenvalue weighted by Gasteiger charge is -2.10. The standard InChI is InChI=1S/C12H21N/c1-5-6-9(2)7-12-10(3)8-13-11(12)4/h8-9,13H,5-7H2,1-4H3. The van der Waals surface area contributed by atoms with Crippen LogP contribution in [0.5, 0.6) is 0 Å². The third-order valence-electron chi connectivity index (χ3n) is 2.77. The zero-order chi connectivity index (χ0) is 9.84. The van der Waals surface area contributed by atoms with E-state index in [0.717, 1.165) is 5.92 Å². The quantitative estimate of drug-likeness (QED) is 0.726. The summed E-state index contributed by atoms with van der Waals surface area (Å²) in [7, 11) is 0. The van der Waals surface area contributed by atoms with Gasteiger partial charge in [0.25, 0.3) is 0 Å². The predicted molar refractivity (Wildman–Crippen MR) is 58.0 cm³/mol. The molecule has 1 nitrogen and oxygen atoms in total. The van der Waals surface area contributed by atoms with E-state index in [2.05, 4.69) is 38.9 Å². The Morgan fingerprint density at radius 3 is 2.54 bits per heavy atom. The largest absolute Gasteiger partial charge is 0.365 e. The SMILES string of the molecule is CCCC(C)Cc1c(C)c[nH]c1C. The van der Waals surface area contributed by atoms with Crippen molar-refractivity contribution in [3.05, 3.63) is 23.0 Å². The van der Waals surface area contributed by atoms with E-state index in [1.807, 2.05) is 0 Å². The molecule has 1 heterocycles. The zero-order valence-electron chi connectivity index (χ0n) is 9.28. The Labute approximate surface area is 81.6 Å². The van der Waals surface area contributed by atoms with Crippen LogP contribution >= 0.6 is 0 Å². The summed E-state index contributed by atoms with van der Waals surface area (Å²) < 4.78 is 0. The third-order valence-corrected chi connectivity index (χ3v) is 2.77. The van der Waals surface area contributed by atoms with Crippen LogP contribution in [0.4, 0.5) is 0 Å². The lowest BCUT2D eigenvalue weighted by atomic mass is 9.95. The fourth-order valence-electron chi connectivity index (χ4n) is 1.94. The topological polar surface area (TPSA) is 15.8 Å². The Kier molecular flexibility index (Phi) is 3.58. The molecule has 1 atom stereocenters. The van der Waals surface area contributed by atoms with Crippen LogP contribution in [-0.4, -0.2) is 4.98 Å². The van der Waals surface area contributed by atoms with Crippen LogP contribution in [0.1, 0.15) is 43.5 Å². The highest BCUT2D eigenvalue weighted by Crippen LogP contribution is 2.19. The number of nitrogens with one attached hydrogen (secondary N) is 1. The third kappa shape index (κ3) is 2.61. The second-order valence-electron chi connectivity index (χ2n) is 4.17. The fraction of sp³-hybridized carbons (Fsp3) is 0.667. The van der Waals surface area contributed by atoms with Crippen LogP contribution in [0.3, 0.4) is 0 Å². The summed E-state index contributed by atoms with van der Waals surface area (Å²) in [5.74, 6) is 0.818. The number of rotatable bonds is 4. The molecule has 1 aromatic heterocycles. The molecule has 0 radical (unpaired) electrons. The van der Waals surface area contributed by atoms with Gasteiger partial charge in [0, 0.05) is 11.9 Å². The van der Waals surface area contributed by atoms with E-state index in [1.54, 1.807) is 0 Å². The van der Waals surface area contributed by atoms with Gasteiger partial charge in [-0.1, -0.05) is 26.7 Å². The summed E-state index contributed by atoms with van der Waals surface area (Å²) >= 11 is 0. The monoisotopic (exact) mass is 179 g/mol. The van der Waals surface area contributed by atoms with Crippen molar-refractivity contribution in [2.45, 2.75) is 47.0 Å². The second-order valence-corrected chi connectivity index (χ2v) is 4.17. The second kappa shape index (κ2) is 4.50. The Hall–Kier alpha value is -0.720. The molecule has 0 saturated carbocycles. The summed E-state index contributed by atoms with van der Waals surface area (Å²) in [6, 6.07) is 0. The van der Waals surface area contributed by atoms with Crippen molar-refractivity contribution in [2.24, 2.45) is 5.92 Å². The van der Waals surface area contributed by atoms with Crippen molar-refractivity contribution in [1.82, 2.24) is 4.98 Å². The van der Waals surface area contributed by atoms with Crippen LogP contribution in [-0.2, 0) is 6.42 Å². The first-order chi connectivity index (χ1) is 6.15. The molecule has 0 saturated heterocycles. The maximum absolute atomic E-state index is 3.28. The van der Waals surface area contributed by atoms with Crippen molar-refractivity contribution in [3.8, 4) is 0 Å². The average molecular weight is 179 g/mol. The minimum atomic E-state index is 0.818. The summed E-state index contributed by atoms with van der Waals surface area (Å²) in [5.41, 5.74) is 4.29. The fourth-order valence-corrected chi connectivity index (χ4v) is 1.94. The van der Waals surface area contributed by atoms with Gasteiger partial charge in [-0.3, -0.25) is 0 Å². The normalized spacial score (nSPS) is 13.2. The molecule has 1 rings (SSSR count). The van der Waals surface area contributed by atoms with Crippen molar-refractivity contribution in [3.63, 3.8) is 0 Å². The van der Waals surface area contributed by atoms with Gasteiger partial charge in [0.15, 0.2) is 0 Å². The van der Waals surface area contributed by atoms with Gasteiger partial charge < -0.3 is 4.98 Å². The lowest BCUT2D eigenvalue weighted by molar-refractivity contribution is 0.520. The first kappa shape index (κ1) is 10.4. The molecule has 0 fully saturated rings. The average Bonchev–Trinajstić information content (AvgIpc) is 2.36. The first-order valence-electron chi connectivity index (χ1n) is 5.28. The molecular weight excluding hydrogens is 158 g/mol. The van der Waals surface area contributed by atoms with Gasteiger partial charge in [0.1, 0.15) is 0 Å². The van der Waals surface area contributed by atoms with E-state index in [4.69, 9.17) is 0 Å². The molecule has 0 amide bonds. The Morgan fingerprint density at radius 2 is 2.08 bits per heavy atom. The molecule has 0 aliphatic rings. The van der Waals surface area contributed by atoms with Crippen LogP contribution in [0, 0.1) is 19.8 Å². The molecule has 1 unspecified atom stereocenters.